The molecule has 5 nitrogen and oxygen atoms in total. The van der Waals surface area contributed by atoms with Gasteiger partial charge in [0.05, 0.1) is 11.9 Å². The lowest BCUT2D eigenvalue weighted by Gasteiger charge is -2.08. The van der Waals surface area contributed by atoms with E-state index in [1.807, 2.05) is 0 Å². The minimum Gasteiger partial charge on any atom is -0.508 e. The Morgan fingerprint density at radius 1 is 1.08 bits per heavy atom. The lowest BCUT2D eigenvalue weighted by Crippen LogP contribution is -2.14. The number of nitrogens with zero attached hydrogens (tertiary/aromatic N) is 1. The van der Waals surface area contributed by atoms with Crippen LogP contribution in [0.15, 0.2) is 36.4 Å². The summed E-state index contributed by atoms with van der Waals surface area (Å²) in [6.07, 6.45) is -0.343. The van der Waals surface area contributed by atoms with Gasteiger partial charge in [-0.2, -0.15) is 0 Å². The number of carboxylic acids is 1. The van der Waals surface area contributed by atoms with Crippen LogP contribution in [0.4, 0.5) is 8.78 Å². The molecule has 2 N–H and O–H groups in total. The van der Waals surface area contributed by atoms with Gasteiger partial charge in [0.2, 0.25) is 0 Å². The van der Waals surface area contributed by atoms with Crippen LogP contribution < -0.4 is 0 Å². The number of phenolic OH excluding ortho intramolecular Hbond substituents is 1. The normalized spacial score (nSPS) is 11.0. The number of benzene rings is 2. The summed E-state index contributed by atoms with van der Waals surface area (Å²) in [5.74, 6) is -4.00. The van der Waals surface area contributed by atoms with Crippen LogP contribution in [0, 0.1) is 18.6 Å². The molecule has 0 amide bonds. The molecule has 0 aliphatic carbocycles. The van der Waals surface area contributed by atoms with Gasteiger partial charge < -0.3 is 10.2 Å². The number of rotatable bonds is 3. The third-order valence-corrected chi connectivity index (χ3v) is 4.02. The topological polar surface area (TPSA) is 79.5 Å². The predicted molar refractivity (Wildman–Crippen MR) is 85.8 cm³/mol. The molecule has 3 aromatic rings. The molecule has 0 fully saturated rings. The van der Waals surface area contributed by atoms with Gasteiger partial charge in [0, 0.05) is 16.6 Å². The second-order valence-corrected chi connectivity index (χ2v) is 5.61. The van der Waals surface area contributed by atoms with E-state index in [0.717, 1.165) is 18.2 Å². The summed E-state index contributed by atoms with van der Waals surface area (Å²) < 4.78 is 27.8. The van der Waals surface area contributed by atoms with E-state index >= 15 is 0 Å². The number of fused-ring (bicyclic) bond motifs is 1. The number of aromatic nitrogens is 1. The van der Waals surface area contributed by atoms with Crippen molar-refractivity contribution in [2.24, 2.45) is 0 Å². The Bertz CT molecular complexity index is 1020. The monoisotopic (exact) mass is 345 g/mol. The highest BCUT2D eigenvalue weighted by Gasteiger charge is 2.22. The molecule has 0 bridgehead atoms. The van der Waals surface area contributed by atoms with Crippen LogP contribution in [0.3, 0.4) is 0 Å². The number of carbonyl (C=O) groups excluding carboxylic acids is 1. The van der Waals surface area contributed by atoms with Crippen molar-refractivity contribution in [1.29, 1.82) is 0 Å². The summed E-state index contributed by atoms with van der Waals surface area (Å²) >= 11 is 0. The lowest BCUT2D eigenvalue weighted by molar-refractivity contribution is -0.136. The van der Waals surface area contributed by atoms with Gasteiger partial charge in [0.25, 0.3) is 5.91 Å². The molecule has 0 atom stereocenters. The number of carboxylic acid groups (broad SMARTS) is 1. The zero-order valence-electron chi connectivity index (χ0n) is 13.1. The van der Waals surface area contributed by atoms with E-state index in [0.29, 0.717) is 22.2 Å². The fourth-order valence-corrected chi connectivity index (χ4v) is 2.87. The minimum atomic E-state index is -1.15. The first-order valence-electron chi connectivity index (χ1n) is 7.34. The smallest absolute Gasteiger partial charge is 0.307 e. The van der Waals surface area contributed by atoms with Gasteiger partial charge >= 0.3 is 5.97 Å². The molecule has 3 rings (SSSR count). The lowest BCUT2D eigenvalue weighted by atomic mass is 10.1. The predicted octanol–water partition coefficient (Wildman–Crippen LogP) is 3.25. The van der Waals surface area contributed by atoms with Crippen LogP contribution in [0.1, 0.15) is 21.6 Å². The third kappa shape index (κ3) is 2.84. The number of hydrogen-bond donors (Lipinski definition) is 2. The molecule has 0 aliphatic rings. The first-order valence-corrected chi connectivity index (χ1v) is 7.34. The summed E-state index contributed by atoms with van der Waals surface area (Å²) in [6, 6.07) is 7.01. The first kappa shape index (κ1) is 16.6. The maximum atomic E-state index is 13.5. The van der Waals surface area contributed by atoms with Crippen molar-refractivity contribution < 1.29 is 28.6 Å². The highest BCUT2D eigenvalue weighted by molar-refractivity contribution is 6.04. The Kier molecular flexibility index (Phi) is 4.00. The van der Waals surface area contributed by atoms with Crippen molar-refractivity contribution in [3.63, 3.8) is 0 Å². The highest BCUT2D eigenvalue weighted by Crippen LogP contribution is 2.30. The van der Waals surface area contributed by atoms with Crippen LogP contribution in [0.2, 0.25) is 0 Å². The summed E-state index contributed by atoms with van der Waals surface area (Å²) in [4.78, 5) is 23.9. The maximum absolute atomic E-state index is 13.5. The molecule has 7 heteroatoms. The molecule has 0 saturated carbocycles. The Morgan fingerprint density at radius 2 is 1.80 bits per heavy atom. The van der Waals surface area contributed by atoms with E-state index in [9.17, 15) is 23.5 Å². The molecule has 0 unspecified atom stereocenters. The van der Waals surface area contributed by atoms with Crippen LogP contribution in [0.25, 0.3) is 10.9 Å². The number of halogens is 2. The Labute approximate surface area is 140 Å². The van der Waals surface area contributed by atoms with Crippen molar-refractivity contribution in [2.75, 3.05) is 0 Å². The second-order valence-electron chi connectivity index (χ2n) is 5.61. The Hall–Kier alpha value is -3.22. The van der Waals surface area contributed by atoms with E-state index in [1.165, 1.54) is 22.8 Å². The summed E-state index contributed by atoms with van der Waals surface area (Å²) in [6.45, 7) is 1.56. The molecular formula is C18H13F2NO4. The fourth-order valence-electron chi connectivity index (χ4n) is 2.87. The molecule has 25 heavy (non-hydrogen) atoms. The Balaban J connectivity index is 2.24. The van der Waals surface area contributed by atoms with E-state index in [1.54, 1.807) is 6.92 Å². The van der Waals surface area contributed by atoms with Crippen LogP contribution >= 0.6 is 0 Å². The van der Waals surface area contributed by atoms with Gasteiger partial charge in [0.1, 0.15) is 5.75 Å². The van der Waals surface area contributed by atoms with E-state index < -0.39 is 23.5 Å². The molecule has 128 valence electrons. The number of aromatic hydroxyl groups is 1. The number of carbonyl (C=O) groups is 2. The zero-order chi connectivity index (χ0) is 18.3. The van der Waals surface area contributed by atoms with Gasteiger partial charge in [-0.15, -0.1) is 0 Å². The van der Waals surface area contributed by atoms with Crippen molar-refractivity contribution in [1.82, 2.24) is 4.57 Å². The average molecular weight is 345 g/mol. The van der Waals surface area contributed by atoms with E-state index in [-0.39, 0.29) is 17.7 Å². The van der Waals surface area contributed by atoms with Gasteiger partial charge in [-0.1, -0.05) is 0 Å². The zero-order valence-corrected chi connectivity index (χ0v) is 13.1. The van der Waals surface area contributed by atoms with Crippen LogP contribution in [-0.4, -0.2) is 26.7 Å². The van der Waals surface area contributed by atoms with Crippen LogP contribution in [0.5, 0.6) is 5.75 Å². The van der Waals surface area contributed by atoms with Gasteiger partial charge in [-0.3, -0.25) is 14.2 Å². The van der Waals surface area contributed by atoms with Gasteiger partial charge in [-0.05, 0) is 48.9 Å². The third-order valence-electron chi connectivity index (χ3n) is 4.02. The van der Waals surface area contributed by atoms with E-state index in [2.05, 4.69) is 0 Å². The molecule has 0 spiro atoms. The molecule has 0 aliphatic heterocycles. The molecular weight excluding hydrogens is 332 g/mol. The second kappa shape index (κ2) is 6.01. The minimum absolute atomic E-state index is 0.0726. The molecule has 1 aromatic heterocycles. The fraction of sp³-hybridized carbons (Fsp3) is 0.111. The van der Waals surface area contributed by atoms with Gasteiger partial charge in [-0.25, -0.2) is 8.78 Å². The number of aliphatic carboxylic acids is 1. The molecule has 0 radical (unpaired) electrons. The quantitative estimate of drug-likeness (QED) is 0.764. The summed E-state index contributed by atoms with van der Waals surface area (Å²) in [5, 5.41) is 19.2. The average Bonchev–Trinajstić information content (AvgIpc) is 2.81. The number of phenols is 1. The molecule has 0 saturated heterocycles. The Morgan fingerprint density at radius 3 is 2.44 bits per heavy atom. The largest absolute Gasteiger partial charge is 0.508 e. The number of hydrogen-bond acceptors (Lipinski definition) is 3. The van der Waals surface area contributed by atoms with Crippen molar-refractivity contribution in [3.05, 3.63) is 64.9 Å². The van der Waals surface area contributed by atoms with Gasteiger partial charge in [0.15, 0.2) is 11.6 Å². The molecule has 1 heterocycles. The first-order chi connectivity index (χ1) is 11.8. The highest BCUT2D eigenvalue weighted by atomic mass is 19.2. The summed E-state index contributed by atoms with van der Waals surface area (Å²) in [7, 11) is 0. The van der Waals surface area contributed by atoms with Crippen LogP contribution in [-0.2, 0) is 11.2 Å². The standard InChI is InChI=1S/C18H13F2NO4/c1-9-12(8-17(23)24)13-7-11(22)3-5-16(13)21(9)18(25)10-2-4-14(19)15(20)6-10/h2-7,22H,8H2,1H3,(H,23,24). The molecule has 2 aromatic carbocycles. The van der Waals surface area contributed by atoms with E-state index in [4.69, 9.17) is 5.11 Å². The summed E-state index contributed by atoms with van der Waals surface area (Å²) in [5.41, 5.74) is 1.03. The SMILES string of the molecule is Cc1c(CC(=O)O)c2cc(O)ccc2n1C(=O)c1ccc(F)c(F)c1. The van der Waals surface area contributed by atoms with Crippen molar-refractivity contribution in [2.45, 2.75) is 13.3 Å². The van der Waals surface area contributed by atoms with Crippen molar-refractivity contribution >= 4 is 22.8 Å². The van der Waals surface area contributed by atoms with Crippen molar-refractivity contribution in [3.8, 4) is 5.75 Å². The maximum Gasteiger partial charge on any atom is 0.307 e.